The van der Waals surface area contributed by atoms with Crippen molar-refractivity contribution in [3.63, 3.8) is 0 Å². The van der Waals surface area contributed by atoms with Crippen molar-refractivity contribution in [2.75, 3.05) is 13.1 Å². The number of carbonyl (C=O) groups excluding carboxylic acids is 2. The van der Waals surface area contributed by atoms with Crippen molar-refractivity contribution in [2.45, 2.75) is 44.6 Å². The number of nitro groups is 1. The number of likely N-dealkylation sites (tertiary alicyclic amines) is 1. The van der Waals surface area contributed by atoms with Crippen LogP contribution < -0.4 is 10.0 Å². The lowest BCUT2D eigenvalue weighted by molar-refractivity contribution is -0.385. The third-order valence-corrected chi connectivity index (χ3v) is 6.99. The van der Waals surface area contributed by atoms with Gasteiger partial charge in [-0.2, -0.15) is 0 Å². The number of rotatable bonds is 11. The van der Waals surface area contributed by atoms with Gasteiger partial charge in [0.05, 0.1) is 17.2 Å². The Labute approximate surface area is 204 Å². The second-order valence-corrected chi connectivity index (χ2v) is 10.9. The number of nitrogens with one attached hydrogen (secondary N) is 2. The third kappa shape index (κ3) is 7.67. The first-order valence-corrected chi connectivity index (χ1v) is 13.0. The fourth-order valence-electron chi connectivity index (χ4n) is 4.07. The van der Waals surface area contributed by atoms with E-state index in [0.717, 1.165) is 5.56 Å². The van der Waals surface area contributed by atoms with Gasteiger partial charge in [0.2, 0.25) is 15.9 Å². The van der Waals surface area contributed by atoms with Crippen LogP contribution in [-0.2, 0) is 31.9 Å². The molecule has 3 rings (SSSR count). The third-order valence-electron chi connectivity index (χ3n) is 5.65. The Balaban J connectivity index is 1.67. The largest absolute Gasteiger partial charge is 0.344 e. The van der Waals surface area contributed by atoms with Gasteiger partial charge in [0.1, 0.15) is 12.1 Å². The molecule has 11 heteroatoms. The Morgan fingerprint density at radius 1 is 1.14 bits per heavy atom. The number of para-hydroxylation sites is 1. The van der Waals surface area contributed by atoms with E-state index in [2.05, 4.69) is 10.0 Å². The van der Waals surface area contributed by atoms with Crippen LogP contribution in [0.3, 0.4) is 0 Å². The van der Waals surface area contributed by atoms with Gasteiger partial charge < -0.3 is 5.32 Å². The number of ketones is 1. The molecule has 0 aromatic heterocycles. The highest BCUT2D eigenvalue weighted by atomic mass is 32.2. The monoisotopic (exact) mass is 502 g/mol. The van der Waals surface area contributed by atoms with Gasteiger partial charge in [-0.05, 0) is 17.9 Å². The fourth-order valence-corrected chi connectivity index (χ4v) is 5.44. The summed E-state index contributed by atoms with van der Waals surface area (Å²) in [4.78, 5) is 38.1. The molecule has 1 unspecified atom stereocenters. The van der Waals surface area contributed by atoms with E-state index in [0.29, 0.717) is 13.1 Å². The highest BCUT2D eigenvalue weighted by Crippen LogP contribution is 2.20. The molecule has 1 saturated heterocycles. The second-order valence-electron chi connectivity index (χ2n) is 9.13. The molecule has 1 heterocycles. The van der Waals surface area contributed by atoms with E-state index in [1.54, 1.807) is 0 Å². The SMILES string of the molecule is CC(C)C[C@H](NS(=O)(=O)Cc1ccccc1[N+](=O)[O-])C(=O)NC1CN(Cc2ccccc2)CC1=O. The highest BCUT2D eigenvalue weighted by molar-refractivity contribution is 7.88. The van der Waals surface area contributed by atoms with Crippen molar-refractivity contribution in [1.29, 1.82) is 0 Å². The van der Waals surface area contributed by atoms with Crippen molar-refractivity contribution >= 4 is 27.4 Å². The number of hydrogen-bond donors (Lipinski definition) is 2. The predicted octanol–water partition coefficient (Wildman–Crippen LogP) is 2.00. The van der Waals surface area contributed by atoms with Crippen LogP contribution >= 0.6 is 0 Å². The molecule has 1 aliphatic rings. The number of carbonyl (C=O) groups is 2. The van der Waals surface area contributed by atoms with Gasteiger partial charge in [0.25, 0.3) is 5.69 Å². The van der Waals surface area contributed by atoms with Crippen LogP contribution in [0.5, 0.6) is 0 Å². The molecule has 1 amide bonds. The molecule has 35 heavy (non-hydrogen) atoms. The highest BCUT2D eigenvalue weighted by Gasteiger charge is 2.35. The van der Waals surface area contributed by atoms with Crippen LogP contribution in [0.4, 0.5) is 5.69 Å². The molecule has 0 bridgehead atoms. The summed E-state index contributed by atoms with van der Waals surface area (Å²) >= 11 is 0. The Morgan fingerprint density at radius 3 is 2.46 bits per heavy atom. The normalized spacial score (nSPS) is 17.5. The van der Waals surface area contributed by atoms with Gasteiger partial charge in [-0.1, -0.05) is 62.4 Å². The van der Waals surface area contributed by atoms with E-state index < -0.39 is 38.7 Å². The standard InChI is InChI=1S/C24H30N4O6S/c1-17(2)12-20(26-35(33,34)16-19-10-6-7-11-22(19)28(31)32)24(30)25-21-14-27(15-23(21)29)13-18-8-4-3-5-9-18/h3-11,17,20-21,26H,12-16H2,1-2H3,(H,25,30)/t20-,21?/m0/s1. The Bertz CT molecular complexity index is 1170. The first-order chi connectivity index (χ1) is 16.5. The van der Waals surface area contributed by atoms with Crippen LogP contribution in [0.2, 0.25) is 0 Å². The van der Waals surface area contributed by atoms with E-state index in [-0.39, 0.29) is 35.9 Å². The molecule has 2 aromatic rings. The topological polar surface area (TPSA) is 139 Å². The number of hydrogen-bond acceptors (Lipinski definition) is 7. The Kier molecular flexibility index (Phi) is 8.71. The summed E-state index contributed by atoms with van der Waals surface area (Å²) < 4.78 is 28.1. The van der Waals surface area contributed by atoms with Crippen molar-refractivity contribution in [3.8, 4) is 0 Å². The molecule has 2 atom stereocenters. The number of amides is 1. The number of nitro benzene ring substituents is 1. The molecular weight excluding hydrogens is 472 g/mol. The van der Waals surface area contributed by atoms with Gasteiger partial charge in [0.15, 0.2) is 5.78 Å². The maximum absolute atomic E-state index is 13.0. The number of Topliss-reactive ketones (excluding diaryl/α,β-unsaturated/α-hetero) is 1. The van der Waals surface area contributed by atoms with E-state index >= 15 is 0 Å². The van der Waals surface area contributed by atoms with E-state index in [4.69, 9.17) is 0 Å². The smallest absolute Gasteiger partial charge is 0.273 e. The summed E-state index contributed by atoms with van der Waals surface area (Å²) in [6.45, 7) is 4.78. The zero-order valence-corrected chi connectivity index (χ0v) is 20.5. The maximum Gasteiger partial charge on any atom is 0.273 e. The summed E-state index contributed by atoms with van der Waals surface area (Å²) in [5.41, 5.74) is 0.766. The lowest BCUT2D eigenvalue weighted by Crippen LogP contribution is -2.52. The summed E-state index contributed by atoms with van der Waals surface area (Å²) in [5.74, 6) is -1.39. The molecule has 0 spiro atoms. The molecule has 2 aromatic carbocycles. The van der Waals surface area contributed by atoms with Crippen LogP contribution in [0, 0.1) is 16.0 Å². The average Bonchev–Trinajstić information content (AvgIpc) is 3.11. The minimum absolute atomic E-state index is 0.0200. The van der Waals surface area contributed by atoms with E-state index in [9.17, 15) is 28.1 Å². The molecule has 1 fully saturated rings. The summed E-state index contributed by atoms with van der Waals surface area (Å²) in [5, 5.41) is 13.9. The van der Waals surface area contributed by atoms with Gasteiger partial charge in [-0.25, -0.2) is 13.1 Å². The minimum Gasteiger partial charge on any atom is -0.344 e. The maximum atomic E-state index is 13.0. The van der Waals surface area contributed by atoms with Crippen LogP contribution in [0.1, 0.15) is 31.4 Å². The molecule has 0 aliphatic carbocycles. The predicted molar refractivity (Wildman–Crippen MR) is 131 cm³/mol. The van der Waals surface area contributed by atoms with Gasteiger partial charge in [-0.3, -0.25) is 24.6 Å². The first-order valence-electron chi connectivity index (χ1n) is 11.4. The zero-order valence-electron chi connectivity index (χ0n) is 19.7. The average molecular weight is 503 g/mol. The van der Waals surface area contributed by atoms with Gasteiger partial charge in [0, 0.05) is 24.7 Å². The molecular formula is C24H30N4O6S. The van der Waals surface area contributed by atoms with E-state index in [1.165, 1.54) is 24.3 Å². The molecule has 2 N–H and O–H groups in total. The Hall–Kier alpha value is -3.15. The second kappa shape index (κ2) is 11.5. The molecule has 188 valence electrons. The quantitative estimate of drug-likeness (QED) is 0.354. The zero-order chi connectivity index (χ0) is 25.6. The molecule has 0 saturated carbocycles. The van der Waals surface area contributed by atoms with Crippen LogP contribution in [0.25, 0.3) is 0 Å². The summed E-state index contributed by atoms with van der Waals surface area (Å²) in [6.07, 6.45) is 0.205. The van der Waals surface area contributed by atoms with Crippen LogP contribution in [-0.4, -0.2) is 55.1 Å². The van der Waals surface area contributed by atoms with Crippen LogP contribution in [0.15, 0.2) is 54.6 Å². The molecule has 1 aliphatic heterocycles. The van der Waals surface area contributed by atoms with Crippen molar-refractivity contribution in [1.82, 2.24) is 14.9 Å². The number of benzene rings is 2. The minimum atomic E-state index is -4.09. The number of sulfonamides is 1. The van der Waals surface area contributed by atoms with Crippen molar-refractivity contribution < 1.29 is 22.9 Å². The van der Waals surface area contributed by atoms with Crippen molar-refractivity contribution in [2.24, 2.45) is 5.92 Å². The van der Waals surface area contributed by atoms with Gasteiger partial charge in [-0.15, -0.1) is 0 Å². The van der Waals surface area contributed by atoms with Crippen molar-refractivity contribution in [3.05, 3.63) is 75.8 Å². The fraction of sp³-hybridized carbons (Fsp3) is 0.417. The lowest BCUT2D eigenvalue weighted by atomic mass is 10.0. The lowest BCUT2D eigenvalue weighted by Gasteiger charge is -2.22. The molecule has 10 nitrogen and oxygen atoms in total. The summed E-state index contributed by atoms with van der Waals surface area (Å²) in [6, 6.07) is 13.4. The van der Waals surface area contributed by atoms with E-state index in [1.807, 2.05) is 49.1 Å². The van der Waals surface area contributed by atoms with Gasteiger partial charge >= 0.3 is 0 Å². The Morgan fingerprint density at radius 2 is 1.80 bits per heavy atom. The summed E-state index contributed by atoms with van der Waals surface area (Å²) in [7, 11) is -4.09. The molecule has 0 radical (unpaired) electrons. The first kappa shape index (κ1) is 26.5. The number of nitrogens with zero attached hydrogens (tertiary/aromatic N) is 2.